The molecule has 2 atom stereocenters. The highest BCUT2D eigenvalue weighted by atomic mass is 19.3. The number of carbonyl (C=O) groups excluding carboxylic acids is 1. The van der Waals surface area contributed by atoms with Crippen molar-refractivity contribution < 1.29 is 22.7 Å². The molecule has 0 spiro atoms. The van der Waals surface area contributed by atoms with Crippen molar-refractivity contribution in [3.63, 3.8) is 0 Å². The molecule has 1 saturated carbocycles. The van der Waals surface area contributed by atoms with E-state index >= 15 is 4.39 Å². The zero-order valence-corrected chi connectivity index (χ0v) is 22.6. The van der Waals surface area contributed by atoms with Crippen LogP contribution in [-0.2, 0) is 4.79 Å². The maximum atomic E-state index is 15.3. The second kappa shape index (κ2) is 10.0. The first-order chi connectivity index (χ1) is 20.3. The predicted octanol–water partition coefficient (Wildman–Crippen LogP) is 5.39. The molecule has 3 aliphatic rings. The van der Waals surface area contributed by atoms with Crippen molar-refractivity contribution in [1.82, 2.24) is 24.5 Å². The third-order valence-corrected chi connectivity index (χ3v) is 8.58. The molecule has 2 aliphatic heterocycles. The summed E-state index contributed by atoms with van der Waals surface area (Å²) in [4.78, 5) is 24.3. The molecule has 0 radical (unpaired) electrons. The number of hydrogen-bond donors (Lipinski definition) is 1. The predicted molar refractivity (Wildman–Crippen MR) is 150 cm³/mol. The van der Waals surface area contributed by atoms with E-state index in [0.29, 0.717) is 30.5 Å². The van der Waals surface area contributed by atoms with Gasteiger partial charge in [-0.05, 0) is 54.7 Å². The van der Waals surface area contributed by atoms with Crippen molar-refractivity contribution >= 4 is 28.7 Å². The van der Waals surface area contributed by atoms with Crippen LogP contribution in [0.5, 0.6) is 11.5 Å². The standard InChI is InChI=1S/C30H28F3N7O2/c1-2-27(41)38-10-6-18(7-11-38)21-8-12-40-28(21)29(35-17-36-40)37-25-4-3-19(13-24(25)31)42-20-5-9-34-26(14-20)39-15-22-23(16-39)30(22,32)33/h2-5,8-9,12-14,17-18,22-23H,1,6-7,10-11,15-16H2,(H,35,36,37). The van der Waals surface area contributed by atoms with Crippen molar-refractivity contribution in [2.75, 3.05) is 36.4 Å². The van der Waals surface area contributed by atoms with Crippen molar-refractivity contribution in [3.8, 4) is 11.5 Å². The molecule has 12 heteroatoms. The summed E-state index contributed by atoms with van der Waals surface area (Å²) >= 11 is 0. The second-order valence-electron chi connectivity index (χ2n) is 11.0. The van der Waals surface area contributed by atoms with Gasteiger partial charge in [-0.25, -0.2) is 27.7 Å². The summed E-state index contributed by atoms with van der Waals surface area (Å²) in [6, 6.07) is 9.80. The normalized spacial score (nSPS) is 21.3. The van der Waals surface area contributed by atoms with Gasteiger partial charge in [0, 0.05) is 50.7 Å². The van der Waals surface area contributed by atoms with Gasteiger partial charge in [-0.3, -0.25) is 4.79 Å². The number of anilines is 3. The maximum absolute atomic E-state index is 15.3. The van der Waals surface area contributed by atoms with Gasteiger partial charge >= 0.3 is 0 Å². The number of halogens is 3. The molecule has 2 unspecified atom stereocenters. The van der Waals surface area contributed by atoms with Crippen LogP contribution < -0.4 is 15.0 Å². The van der Waals surface area contributed by atoms with Gasteiger partial charge < -0.3 is 19.9 Å². The summed E-state index contributed by atoms with van der Waals surface area (Å²) in [5.41, 5.74) is 2.01. The molecule has 42 heavy (non-hydrogen) atoms. The van der Waals surface area contributed by atoms with Crippen LogP contribution >= 0.6 is 0 Å². The lowest BCUT2D eigenvalue weighted by Gasteiger charge is -2.31. The zero-order valence-electron chi connectivity index (χ0n) is 22.6. The minimum atomic E-state index is -2.57. The Hall–Kier alpha value is -4.61. The Labute approximate surface area is 239 Å². The highest BCUT2D eigenvalue weighted by Gasteiger charge is 2.71. The molecular weight excluding hydrogens is 547 g/mol. The first kappa shape index (κ1) is 26.3. The van der Waals surface area contributed by atoms with E-state index in [0.717, 1.165) is 23.9 Å². The van der Waals surface area contributed by atoms with Gasteiger partial charge in [0.1, 0.15) is 35.0 Å². The lowest BCUT2D eigenvalue weighted by molar-refractivity contribution is -0.127. The Morgan fingerprint density at radius 3 is 2.57 bits per heavy atom. The van der Waals surface area contributed by atoms with Crippen LogP contribution in [0, 0.1) is 17.7 Å². The Kier molecular flexibility index (Phi) is 6.28. The Morgan fingerprint density at radius 2 is 1.83 bits per heavy atom. The molecule has 2 saturated heterocycles. The number of hydrogen-bond acceptors (Lipinski definition) is 7. The minimum absolute atomic E-state index is 0.0663. The summed E-state index contributed by atoms with van der Waals surface area (Å²) in [5, 5.41) is 7.43. The average Bonchev–Trinajstić information content (AvgIpc) is 3.41. The summed E-state index contributed by atoms with van der Waals surface area (Å²) in [5.74, 6) is -2.46. The van der Waals surface area contributed by atoms with E-state index in [1.807, 2.05) is 17.2 Å². The minimum Gasteiger partial charge on any atom is -0.457 e. The molecule has 1 aromatic carbocycles. The topological polar surface area (TPSA) is 87.9 Å². The van der Waals surface area contributed by atoms with Crippen LogP contribution in [0.15, 0.2) is 67.8 Å². The molecular formula is C30H28F3N7O2. The van der Waals surface area contributed by atoms with Crippen LogP contribution in [0.2, 0.25) is 0 Å². The molecule has 5 heterocycles. The number of benzene rings is 1. The number of rotatable bonds is 7. The van der Waals surface area contributed by atoms with Crippen LogP contribution in [0.4, 0.5) is 30.5 Å². The summed E-state index contributed by atoms with van der Waals surface area (Å²) in [6.07, 6.45) is 7.73. The molecule has 3 aromatic heterocycles. The zero-order chi connectivity index (χ0) is 29.0. The Balaban J connectivity index is 1.06. The molecule has 7 rings (SSSR count). The Morgan fingerprint density at radius 1 is 1.07 bits per heavy atom. The van der Waals surface area contributed by atoms with Crippen molar-refractivity contribution in [1.29, 1.82) is 0 Å². The molecule has 9 nitrogen and oxygen atoms in total. The number of pyridine rings is 1. The first-order valence-corrected chi connectivity index (χ1v) is 13.9. The van der Waals surface area contributed by atoms with Crippen molar-refractivity contribution in [3.05, 3.63) is 79.2 Å². The molecule has 4 aromatic rings. The fourth-order valence-electron chi connectivity index (χ4n) is 6.19. The van der Waals surface area contributed by atoms with E-state index in [4.69, 9.17) is 4.74 Å². The summed E-state index contributed by atoms with van der Waals surface area (Å²) < 4.78 is 50.1. The number of nitrogens with zero attached hydrogens (tertiary/aromatic N) is 6. The van der Waals surface area contributed by atoms with Crippen LogP contribution in [-0.4, -0.2) is 62.5 Å². The van der Waals surface area contributed by atoms with Gasteiger partial charge in [0.05, 0.1) is 17.5 Å². The van der Waals surface area contributed by atoms with E-state index < -0.39 is 23.6 Å². The van der Waals surface area contributed by atoms with Crippen LogP contribution in [0.3, 0.4) is 0 Å². The number of fused-ring (bicyclic) bond motifs is 2. The fourth-order valence-corrected chi connectivity index (χ4v) is 6.19. The fraction of sp³-hybridized carbons (Fsp3) is 0.333. The Bertz CT molecular complexity index is 1670. The number of ether oxygens (including phenoxy) is 1. The van der Waals surface area contributed by atoms with Gasteiger partial charge in [0.15, 0.2) is 5.82 Å². The molecule has 1 amide bonds. The quantitative estimate of drug-likeness (QED) is 0.296. The van der Waals surface area contributed by atoms with Gasteiger partial charge in [0.25, 0.3) is 5.92 Å². The van der Waals surface area contributed by atoms with Gasteiger partial charge in [-0.2, -0.15) is 5.10 Å². The van der Waals surface area contributed by atoms with Gasteiger partial charge in [-0.15, -0.1) is 0 Å². The van der Waals surface area contributed by atoms with Crippen molar-refractivity contribution in [2.45, 2.75) is 24.7 Å². The lowest BCUT2D eigenvalue weighted by atomic mass is 9.90. The number of likely N-dealkylation sites (tertiary alicyclic amines) is 1. The first-order valence-electron chi connectivity index (χ1n) is 13.9. The lowest BCUT2D eigenvalue weighted by Crippen LogP contribution is -2.36. The largest absolute Gasteiger partial charge is 0.457 e. The molecule has 1 N–H and O–H groups in total. The van der Waals surface area contributed by atoms with E-state index in [1.165, 1.54) is 18.5 Å². The number of piperidine rings is 2. The van der Waals surface area contributed by atoms with E-state index in [1.54, 1.807) is 39.9 Å². The van der Waals surface area contributed by atoms with Crippen LogP contribution in [0.1, 0.15) is 24.3 Å². The number of amides is 1. The molecule has 3 fully saturated rings. The monoisotopic (exact) mass is 575 g/mol. The van der Waals surface area contributed by atoms with Crippen LogP contribution in [0.25, 0.3) is 5.52 Å². The highest BCUT2D eigenvalue weighted by molar-refractivity contribution is 5.87. The number of aromatic nitrogens is 4. The molecule has 0 bridgehead atoms. The average molecular weight is 576 g/mol. The maximum Gasteiger partial charge on any atom is 0.258 e. The van der Waals surface area contributed by atoms with E-state index in [2.05, 4.69) is 27.0 Å². The van der Waals surface area contributed by atoms with Crippen molar-refractivity contribution in [2.24, 2.45) is 11.8 Å². The highest BCUT2D eigenvalue weighted by Crippen LogP contribution is 2.59. The third kappa shape index (κ3) is 4.60. The van der Waals surface area contributed by atoms with Gasteiger partial charge in [-0.1, -0.05) is 6.58 Å². The van der Waals surface area contributed by atoms with E-state index in [9.17, 15) is 13.6 Å². The van der Waals surface area contributed by atoms with Gasteiger partial charge in [0.2, 0.25) is 5.91 Å². The SMILES string of the molecule is C=CC(=O)N1CCC(c2ccn3ncnc(Nc4ccc(Oc5ccnc(N6CC7C(C6)C7(F)F)c5)cc4F)c23)CC1. The molecule has 216 valence electrons. The third-order valence-electron chi connectivity index (χ3n) is 8.58. The number of carbonyl (C=O) groups is 1. The smallest absolute Gasteiger partial charge is 0.258 e. The number of alkyl halides is 2. The van der Waals surface area contributed by atoms with E-state index in [-0.39, 0.29) is 36.4 Å². The number of nitrogens with one attached hydrogen (secondary N) is 1. The summed E-state index contributed by atoms with van der Waals surface area (Å²) in [6.45, 7) is 5.36. The second-order valence-corrected chi connectivity index (χ2v) is 11.0. The summed E-state index contributed by atoms with van der Waals surface area (Å²) in [7, 11) is 0. The molecule has 1 aliphatic carbocycles.